The lowest BCUT2D eigenvalue weighted by molar-refractivity contribution is -0.138. The van der Waals surface area contributed by atoms with Crippen LogP contribution in [0.4, 0.5) is 5.69 Å². The van der Waals surface area contributed by atoms with Gasteiger partial charge in [-0.25, -0.2) is 4.90 Å². The van der Waals surface area contributed by atoms with E-state index in [1.807, 2.05) is 36.4 Å². The third kappa shape index (κ3) is 3.53. The monoisotopic (exact) mass is 600 g/mol. The number of anilines is 1. The van der Waals surface area contributed by atoms with Crippen LogP contribution in [0.1, 0.15) is 29.9 Å². The normalized spacial score (nSPS) is 30.3. The van der Waals surface area contributed by atoms with Crippen molar-refractivity contribution in [2.24, 2.45) is 23.7 Å². The molecule has 0 radical (unpaired) electrons. The van der Waals surface area contributed by atoms with E-state index in [1.54, 1.807) is 36.4 Å². The summed E-state index contributed by atoms with van der Waals surface area (Å²) >= 11 is 12.8. The molecule has 0 unspecified atom stereocenters. The van der Waals surface area contributed by atoms with Crippen LogP contribution in [0.15, 0.2) is 84.4 Å². The molecule has 2 aliphatic carbocycles. The van der Waals surface area contributed by atoms with Gasteiger partial charge in [0.2, 0.25) is 23.6 Å². The molecule has 0 spiro atoms. The first kappa shape index (κ1) is 26.9. The molecule has 7 rings (SSSR count). The van der Waals surface area contributed by atoms with E-state index in [2.05, 4.69) is 0 Å². The highest BCUT2D eigenvalue weighted by Crippen LogP contribution is 2.65. The summed E-state index contributed by atoms with van der Waals surface area (Å²) in [5, 5.41) is 12.0. The highest BCUT2D eigenvalue weighted by molar-refractivity contribution is 6.32. The summed E-state index contributed by atoms with van der Waals surface area (Å²) in [4.78, 5) is 58.5. The molecule has 0 bridgehead atoms. The van der Waals surface area contributed by atoms with Crippen LogP contribution in [-0.2, 0) is 24.6 Å². The Morgan fingerprint density at radius 3 is 2.31 bits per heavy atom. The van der Waals surface area contributed by atoms with Crippen molar-refractivity contribution in [3.8, 4) is 5.75 Å². The Labute approximate surface area is 252 Å². The number of hydrogen-bond acceptors (Lipinski definition) is 5. The third-order valence-corrected chi connectivity index (χ3v) is 10.2. The maximum atomic E-state index is 15.0. The number of phenolic OH excluding ortho intramolecular Hbond substituents is 1. The summed E-state index contributed by atoms with van der Waals surface area (Å²) in [5.41, 5.74) is 0.660. The van der Waals surface area contributed by atoms with Crippen LogP contribution in [0.25, 0.3) is 0 Å². The summed E-state index contributed by atoms with van der Waals surface area (Å²) in [5.74, 6) is -4.88. The van der Waals surface area contributed by atoms with Crippen molar-refractivity contribution in [1.82, 2.24) is 4.90 Å². The molecule has 2 saturated heterocycles. The van der Waals surface area contributed by atoms with Crippen LogP contribution in [0.2, 0.25) is 10.0 Å². The van der Waals surface area contributed by atoms with Crippen molar-refractivity contribution in [2.75, 3.05) is 11.9 Å². The number of benzene rings is 3. The van der Waals surface area contributed by atoms with Crippen molar-refractivity contribution in [1.29, 1.82) is 0 Å². The van der Waals surface area contributed by atoms with E-state index in [4.69, 9.17) is 23.2 Å². The van der Waals surface area contributed by atoms with Gasteiger partial charge in [0.25, 0.3) is 0 Å². The lowest BCUT2D eigenvalue weighted by Gasteiger charge is -2.50. The molecular formula is C33H26Cl2N2O5. The zero-order valence-corrected chi connectivity index (χ0v) is 24.0. The molecule has 6 atom stereocenters. The zero-order valence-electron chi connectivity index (χ0n) is 22.5. The van der Waals surface area contributed by atoms with E-state index >= 15 is 4.79 Å². The average molecular weight is 601 g/mol. The summed E-state index contributed by atoms with van der Waals surface area (Å²) in [6, 6.07) is 20.4. The summed E-state index contributed by atoms with van der Waals surface area (Å²) < 4.78 is 0. The zero-order chi connectivity index (χ0) is 29.5. The topological polar surface area (TPSA) is 95.0 Å². The number of imide groups is 2. The van der Waals surface area contributed by atoms with Gasteiger partial charge in [-0.2, -0.15) is 0 Å². The number of halogens is 2. The molecule has 3 fully saturated rings. The number of hydrogen-bond donors (Lipinski definition) is 1. The van der Waals surface area contributed by atoms with E-state index < -0.39 is 46.8 Å². The molecule has 9 heteroatoms. The second-order valence-corrected chi connectivity index (χ2v) is 12.4. The molecular weight excluding hydrogens is 575 g/mol. The largest absolute Gasteiger partial charge is 0.508 e. The molecule has 212 valence electrons. The fourth-order valence-corrected chi connectivity index (χ4v) is 8.37. The third-order valence-electron chi connectivity index (χ3n) is 9.69. The van der Waals surface area contributed by atoms with Crippen molar-refractivity contribution in [2.45, 2.75) is 24.2 Å². The first-order valence-electron chi connectivity index (χ1n) is 13.9. The predicted octanol–water partition coefficient (Wildman–Crippen LogP) is 5.49. The number of carbonyl (C=O) groups is 4. The number of nitrogens with zero attached hydrogens (tertiary/aromatic N) is 2. The van der Waals surface area contributed by atoms with E-state index in [-0.39, 0.29) is 24.0 Å². The maximum absolute atomic E-state index is 15.0. The minimum absolute atomic E-state index is 0.0745. The molecule has 3 aromatic rings. The molecule has 1 saturated carbocycles. The van der Waals surface area contributed by atoms with Crippen molar-refractivity contribution >= 4 is 52.5 Å². The molecule has 7 nitrogen and oxygen atoms in total. The Balaban J connectivity index is 1.54. The Morgan fingerprint density at radius 2 is 1.57 bits per heavy atom. The van der Waals surface area contributed by atoms with Gasteiger partial charge in [-0.15, -0.1) is 0 Å². The number of phenols is 1. The fourth-order valence-electron chi connectivity index (χ4n) is 8.00. The van der Waals surface area contributed by atoms with Gasteiger partial charge in [0.15, 0.2) is 0 Å². The number of rotatable bonds is 3. The summed E-state index contributed by atoms with van der Waals surface area (Å²) in [6.07, 6.45) is 2.45. The highest BCUT2D eigenvalue weighted by Gasteiger charge is 2.70. The van der Waals surface area contributed by atoms with Crippen LogP contribution < -0.4 is 4.90 Å². The number of aromatic hydroxyl groups is 1. The van der Waals surface area contributed by atoms with Crippen LogP contribution in [0.3, 0.4) is 0 Å². The smallest absolute Gasteiger partial charge is 0.246 e. The Morgan fingerprint density at radius 1 is 0.833 bits per heavy atom. The van der Waals surface area contributed by atoms with Gasteiger partial charge in [-0.3, -0.25) is 24.1 Å². The van der Waals surface area contributed by atoms with Gasteiger partial charge < -0.3 is 5.11 Å². The van der Waals surface area contributed by atoms with Crippen LogP contribution in [0.5, 0.6) is 5.75 Å². The molecule has 2 aliphatic heterocycles. The Hall–Kier alpha value is -3.94. The highest BCUT2D eigenvalue weighted by atomic mass is 35.5. The molecule has 0 aromatic heterocycles. The first-order chi connectivity index (χ1) is 20.2. The standard InChI is InChI=1S/C33H26Cl2N2O5/c1-36-29(39)22-12-11-21-23(27(22)31(36)41)16-25-30(40)37(20-9-5-8-18(34)14-20)32(42)33(25,17-6-3-2-4-7-17)28(21)24-15-19(35)10-13-26(24)38/h2-11,13-15,22-23,25,27-28,38H,12,16H2,1H3/t22-,23+,25-,27-,28+,33+/m0/s1. The summed E-state index contributed by atoms with van der Waals surface area (Å²) in [6.45, 7) is 0. The SMILES string of the molecule is CN1C(=O)[C@H]2[C@H](CC=C3[C@H]2C[C@H]2C(=O)N(c4cccc(Cl)c4)C(=O)[C@@]2(c2ccccc2)[C@H]3c2cc(Cl)ccc2O)C1=O. The van der Waals surface area contributed by atoms with Gasteiger partial charge in [0, 0.05) is 28.6 Å². The molecule has 2 heterocycles. The van der Waals surface area contributed by atoms with Gasteiger partial charge in [0.1, 0.15) is 5.75 Å². The second-order valence-electron chi connectivity index (χ2n) is 11.5. The van der Waals surface area contributed by atoms with E-state index in [0.29, 0.717) is 33.3 Å². The molecule has 4 amide bonds. The molecule has 1 N–H and O–H groups in total. The Kier molecular flexibility index (Phi) is 6.12. The maximum Gasteiger partial charge on any atom is 0.246 e. The van der Waals surface area contributed by atoms with Crippen molar-refractivity contribution < 1.29 is 24.3 Å². The fraction of sp³-hybridized carbons (Fsp3) is 0.273. The van der Waals surface area contributed by atoms with Gasteiger partial charge in [-0.1, -0.05) is 71.2 Å². The minimum Gasteiger partial charge on any atom is -0.508 e. The summed E-state index contributed by atoms with van der Waals surface area (Å²) in [7, 11) is 1.49. The van der Waals surface area contributed by atoms with Crippen molar-refractivity contribution in [3.05, 3.63) is 106 Å². The van der Waals surface area contributed by atoms with E-state index in [0.717, 1.165) is 5.57 Å². The molecule has 3 aromatic carbocycles. The minimum atomic E-state index is -1.46. The second kappa shape index (κ2) is 9.54. The number of amides is 4. The van der Waals surface area contributed by atoms with Gasteiger partial charge in [0.05, 0.1) is 28.9 Å². The number of carbonyl (C=O) groups excluding carboxylic acids is 4. The Bertz CT molecular complexity index is 1720. The molecule has 42 heavy (non-hydrogen) atoms. The van der Waals surface area contributed by atoms with Crippen LogP contribution >= 0.6 is 23.2 Å². The lowest BCUT2D eigenvalue weighted by Crippen LogP contribution is -2.53. The van der Waals surface area contributed by atoms with E-state index in [9.17, 15) is 19.5 Å². The number of fused-ring (bicyclic) bond motifs is 4. The van der Waals surface area contributed by atoms with Crippen molar-refractivity contribution in [3.63, 3.8) is 0 Å². The van der Waals surface area contributed by atoms with Gasteiger partial charge >= 0.3 is 0 Å². The predicted molar refractivity (Wildman–Crippen MR) is 157 cm³/mol. The van der Waals surface area contributed by atoms with E-state index in [1.165, 1.54) is 22.9 Å². The van der Waals surface area contributed by atoms with Crippen LogP contribution in [0, 0.1) is 23.7 Å². The van der Waals surface area contributed by atoms with Gasteiger partial charge in [-0.05, 0) is 60.7 Å². The first-order valence-corrected chi connectivity index (χ1v) is 14.6. The lowest BCUT2D eigenvalue weighted by atomic mass is 9.49. The molecule has 4 aliphatic rings. The van der Waals surface area contributed by atoms with Crippen LogP contribution in [-0.4, -0.2) is 40.7 Å². The number of likely N-dealkylation sites (tertiary alicyclic amines) is 1. The average Bonchev–Trinajstić information content (AvgIpc) is 3.35. The quantitative estimate of drug-likeness (QED) is 0.317. The number of allylic oxidation sites excluding steroid dienone is 2.